The molecule has 0 spiro atoms. The highest BCUT2D eigenvalue weighted by Gasteiger charge is 2.43. The minimum absolute atomic E-state index is 0.0297. The molecular weight excluding hydrogens is 332 g/mol. The first-order chi connectivity index (χ1) is 13.2. The van der Waals surface area contributed by atoms with Gasteiger partial charge in [-0.15, -0.1) is 0 Å². The molecule has 2 aromatic rings. The van der Waals surface area contributed by atoms with Gasteiger partial charge in [-0.25, -0.2) is 5.43 Å². The van der Waals surface area contributed by atoms with Crippen LogP contribution in [0.5, 0.6) is 0 Å². The van der Waals surface area contributed by atoms with Crippen molar-refractivity contribution in [2.45, 2.75) is 57.3 Å². The predicted octanol–water partition coefficient (Wildman–Crippen LogP) is 5.38. The van der Waals surface area contributed by atoms with Gasteiger partial charge in [-0.3, -0.25) is 4.79 Å². The predicted molar refractivity (Wildman–Crippen MR) is 110 cm³/mol. The van der Waals surface area contributed by atoms with Crippen molar-refractivity contribution >= 4 is 11.6 Å². The largest absolute Gasteiger partial charge is 0.273 e. The van der Waals surface area contributed by atoms with Crippen LogP contribution in [-0.2, 0) is 4.79 Å². The molecule has 0 bridgehead atoms. The summed E-state index contributed by atoms with van der Waals surface area (Å²) in [6.07, 6.45) is 7.62. The number of amides is 1. The van der Waals surface area contributed by atoms with Crippen LogP contribution >= 0.6 is 0 Å². The molecule has 2 aromatic carbocycles. The Kier molecular flexibility index (Phi) is 5.38. The molecule has 27 heavy (non-hydrogen) atoms. The zero-order chi connectivity index (χ0) is 18.6. The summed E-state index contributed by atoms with van der Waals surface area (Å²) in [6, 6.07) is 19.0. The second-order valence-electron chi connectivity index (χ2n) is 7.99. The van der Waals surface area contributed by atoms with Gasteiger partial charge in [0.1, 0.15) is 0 Å². The summed E-state index contributed by atoms with van der Waals surface area (Å²) in [5.74, 6) is 1.14. The van der Waals surface area contributed by atoms with Crippen molar-refractivity contribution in [2.24, 2.45) is 11.0 Å². The normalized spacial score (nSPS) is 23.1. The molecule has 2 aliphatic rings. The van der Waals surface area contributed by atoms with Crippen molar-refractivity contribution in [3.8, 4) is 0 Å². The lowest BCUT2D eigenvalue weighted by molar-refractivity contribution is -0.122. The van der Waals surface area contributed by atoms with Crippen molar-refractivity contribution in [1.29, 1.82) is 0 Å². The molecule has 140 valence electrons. The molecule has 0 radical (unpaired) electrons. The van der Waals surface area contributed by atoms with Crippen molar-refractivity contribution in [1.82, 2.24) is 5.43 Å². The van der Waals surface area contributed by atoms with Crippen LogP contribution in [0.2, 0.25) is 0 Å². The lowest BCUT2D eigenvalue weighted by atomic mass is 9.84. The fourth-order valence-electron chi connectivity index (χ4n) is 4.27. The van der Waals surface area contributed by atoms with Gasteiger partial charge in [-0.05, 0) is 54.7 Å². The quantitative estimate of drug-likeness (QED) is 0.564. The number of hydrogen-bond acceptors (Lipinski definition) is 2. The SMILES string of the molecule is C/C(=N/NC(=O)[C@H]1C[C@@H]1c1ccccc1)c1ccc(C2CCCCC2)cc1. The van der Waals surface area contributed by atoms with E-state index >= 15 is 0 Å². The van der Waals surface area contributed by atoms with Crippen LogP contribution in [-0.4, -0.2) is 11.6 Å². The molecule has 2 atom stereocenters. The average Bonchev–Trinajstić information content (AvgIpc) is 3.54. The zero-order valence-corrected chi connectivity index (χ0v) is 16.0. The first-order valence-electron chi connectivity index (χ1n) is 10.2. The highest BCUT2D eigenvalue weighted by atomic mass is 16.2. The minimum atomic E-state index is 0.0297. The van der Waals surface area contributed by atoms with E-state index in [4.69, 9.17) is 0 Å². The first kappa shape index (κ1) is 18.0. The second-order valence-corrected chi connectivity index (χ2v) is 7.99. The Balaban J connectivity index is 1.33. The maximum absolute atomic E-state index is 12.4. The molecule has 0 saturated heterocycles. The molecule has 2 saturated carbocycles. The van der Waals surface area contributed by atoms with E-state index < -0.39 is 0 Å². The van der Waals surface area contributed by atoms with E-state index in [9.17, 15) is 4.79 Å². The Morgan fingerprint density at radius 3 is 2.33 bits per heavy atom. The summed E-state index contributed by atoms with van der Waals surface area (Å²) in [6.45, 7) is 1.96. The number of nitrogens with one attached hydrogen (secondary N) is 1. The van der Waals surface area contributed by atoms with Crippen molar-refractivity contribution in [2.75, 3.05) is 0 Å². The van der Waals surface area contributed by atoms with E-state index in [2.05, 4.69) is 46.9 Å². The van der Waals surface area contributed by atoms with Gasteiger partial charge in [0.2, 0.25) is 5.91 Å². The van der Waals surface area contributed by atoms with Gasteiger partial charge in [-0.1, -0.05) is 73.9 Å². The van der Waals surface area contributed by atoms with Crippen molar-refractivity contribution in [3.05, 3.63) is 71.3 Å². The molecule has 1 N–H and O–H groups in total. The minimum Gasteiger partial charge on any atom is -0.273 e. The van der Waals surface area contributed by atoms with Crippen LogP contribution in [0, 0.1) is 5.92 Å². The van der Waals surface area contributed by atoms with Crippen LogP contribution in [0.4, 0.5) is 0 Å². The van der Waals surface area contributed by atoms with Crippen LogP contribution in [0.3, 0.4) is 0 Å². The lowest BCUT2D eigenvalue weighted by Gasteiger charge is -2.22. The topological polar surface area (TPSA) is 41.5 Å². The van der Waals surface area contributed by atoms with Gasteiger partial charge in [0.05, 0.1) is 5.71 Å². The van der Waals surface area contributed by atoms with Crippen molar-refractivity contribution < 1.29 is 4.79 Å². The van der Waals surface area contributed by atoms with E-state index in [1.54, 1.807) is 0 Å². The van der Waals surface area contributed by atoms with E-state index in [1.165, 1.54) is 43.2 Å². The molecule has 0 unspecified atom stereocenters. The van der Waals surface area contributed by atoms with E-state index in [-0.39, 0.29) is 11.8 Å². The summed E-state index contributed by atoms with van der Waals surface area (Å²) in [7, 11) is 0. The van der Waals surface area contributed by atoms with Crippen LogP contribution < -0.4 is 5.43 Å². The van der Waals surface area contributed by atoms with E-state index in [1.807, 2.05) is 25.1 Å². The Morgan fingerprint density at radius 1 is 0.926 bits per heavy atom. The number of hydrogen-bond donors (Lipinski definition) is 1. The monoisotopic (exact) mass is 360 g/mol. The fraction of sp³-hybridized carbons (Fsp3) is 0.417. The highest BCUT2D eigenvalue weighted by molar-refractivity contribution is 5.99. The third kappa shape index (κ3) is 4.29. The Hall–Kier alpha value is -2.42. The molecule has 3 heteroatoms. The smallest absolute Gasteiger partial charge is 0.243 e. The Bertz CT molecular complexity index is 804. The summed E-state index contributed by atoms with van der Waals surface area (Å²) >= 11 is 0. The van der Waals surface area contributed by atoms with Gasteiger partial charge in [0, 0.05) is 5.92 Å². The van der Waals surface area contributed by atoms with Gasteiger partial charge >= 0.3 is 0 Å². The molecule has 3 nitrogen and oxygen atoms in total. The van der Waals surface area contributed by atoms with Gasteiger partial charge in [-0.2, -0.15) is 5.10 Å². The standard InChI is InChI=1S/C24H28N2O/c1-17(18-12-14-20(15-13-18)19-8-4-2-5-9-19)25-26-24(27)23-16-22(23)21-10-6-3-7-11-21/h3,6-7,10-15,19,22-23H,2,4-5,8-9,16H2,1H3,(H,26,27)/b25-17-/t22-,23+/m1/s1. The second kappa shape index (κ2) is 8.08. The molecule has 0 heterocycles. The first-order valence-corrected chi connectivity index (χ1v) is 10.2. The molecular formula is C24H28N2O. The van der Waals surface area contributed by atoms with E-state index in [0.717, 1.165) is 23.6 Å². The number of benzene rings is 2. The van der Waals surface area contributed by atoms with Gasteiger partial charge in [0.15, 0.2) is 0 Å². The number of carbonyl (C=O) groups is 1. The molecule has 4 rings (SSSR count). The maximum atomic E-state index is 12.4. The summed E-state index contributed by atoms with van der Waals surface area (Å²) in [4.78, 5) is 12.4. The lowest BCUT2D eigenvalue weighted by Crippen LogP contribution is -2.21. The molecule has 0 aromatic heterocycles. The number of carbonyl (C=O) groups excluding carboxylic acids is 1. The average molecular weight is 361 g/mol. The summed E-state index contributed by atoms with van der Waals surface area (Å²) in [5, 5.41) is 4.34. The van der Waals surface area contributed by atoms with Crippen LogP contribution in [0.25, 0.3) is 0 Å². The highest BCUT2D eigenvalue weighted by Crippen LogP contribution is 2.47. The Morgan fingerprint density at radius 2 is 1.63 bits per heavy atom. The molecule has 2 aliphatic carbocycles. The van der Waals surface area contributed by atoms with Crippen LogP contribution in [0.15, 0.2) is 59.7 Å². The van der Waals surface area contributed by atoms with Gasteiger partial charge in [0.25, 0.3) is 0 Å². The number of rotatable bonds is 5. The third-order valence-corrected chi connectivity index (χ3v) is 6.09. The summed E-state index contributed by atoms with van der Waals surface area (Å²) < 4.78 is 0. The fourth-order valence-corrected chi connectivity index (χ4v) is 4.27. The van der Waals surface area contributed by atoms with Crippen LogP contribution in [0.1, 0.15) is 74.0 Å². The Labute approximate surface area is 161 Å². The molecule has 2 fully saturated rings. The number of hydrazone groups is 1. The van der Waals surface area contributed by atoms with Crippen molar-refractivity contribution in [3.63, 3.8) is 0 Å². The molecule has 1 amide bonds. The maximum Gasteiger partial charge on any atom is 0.243 e. The summed E-state index contributed by atoms with van der Waals surface area (Å²) in [5.41, 5.74) is 7.39. The zero-order valence-electron chi connectivity index (χ0n) is 16.0. The number of nitrogens with zero attached hydrogens (tertiary/aromatic N) is 1. The van der Waals surface area contributed by atoms with E-state index in [0.29, 0.717) is 5.92 Å². The molecule has 0 aliphatic heterocycles. The van der Waals surface area contributed by atoms with Gasteiger partial charge < -0.3 is 0 Å². The third-order valence-electron chi connectivity index (χ3n) is 6.09.